The molecule has 0 aliphatic rings. The molecule has 0 amide bonds. The van der Waals surface area contributed by atoms with Crippen LogP contribution >= 0.6 is 0 Å². The van der Waals surface area contributed by atoms with Crippen molar-refractivity contribution in [3.05, 3.63) is 65.9 Å². The normalized spacial score (nSPS) is 11.1. The maximum Gasteiger partial charge on any atom is 0.185 e. The van der Waals surface area contributed by atoms with Crippen LogP contribution in [-0.2, 0) is 0 Å². The molecule has 0 fully saturated rings. The number of hydrogen-bond acceptors (Lipinski definition) is 4. The molecule has 2 aromatic carbocycles. The van der Waals surface area contributed by atoms with E-state index in [4.69, 9.17) is 9.15 Å². The number of rotatable bonds is 4. The zero-order valence-electron chi connectivity index (χ0n) is 11.9. The fraction of sp³-hybridized carbons (Fsp3) is 0.0556. The van der Waals surface area contributed by atoms with Crippen LogP contribution in [0.15, 0.2) is 59.0 Å². The minimum absolute atomic E-state index is 0.130. The summed E-state index contributed by atoms with van der Waals surface area (Å²) in [6, 6.07) is 13.6. The van der Waals surface area contributed by atoms with E-state index in [-0.39, 0.29) is 11.5 Å². The molecule has 0 spiro atoms. The predicted molar refractivity (Wildman–Crippen MR) is 84.2 cm³/mol. The summed E-state index contributed by atoms with van der Waals surface area (Å²) >= 11 is 0. The molecule has 1 N–H and O–H groups in total. The first-order chi connectivity index (χ1) is 10.7. The van der Waals surface area contributed by atoms with Crippen LogP contribution in [0.25, 0.3) is 17.0 Å². The highest BCUT2D eigenvalue weighted by Crippen LogP contribution is 2.28. The number of ketones is 1. The first-order valence-corrected chi connectivity index (χ1v) is 6.75. The van der Waals surface area contributed by atoms with E-state index in [1.54, 1.807) is 25.3 Å². The minimum atomic E-state index is -0.160. The van der Waals surface area contributed by atoms with Crippen molar-refractivity contribution in [1.82, 2.24) is 0 Å². The van der Waals surface area contributed by atoms with Gasteiger partial charge < -0.3 is 14.3 Å². The summed E-state index contributed by atoms with van der Waals surface area (Å²) in [5.41, 5.74) is 1.16. The van der Waals surface area contributed by atoms with Gasteiger partial charge in [0, 0.05) is 10.9 Å². The Labute approximate surface area is 127 Å². The van der Waals surface area contributed by atoms with Gasteiger partial charge in [0.05, 0.1) is 7.11 Å². The summed E-state index contributed by atoms with van der Waals surface area (Å²) in [4.78, 5) is 12.0. The first kappa shape index (κ1) is 13.9. The Kier molecular flexibility index (Phi) is 3.66. The van der Waals surface area contributed by atoms with Crippen molar-refractivity contribution >= 4 is 22.8 Å². The number of hydrogen-bond donors (Lipinski definition) is 1. The van der Waals surface area contributed by atoms with E-state index in [0.29, 0.717) is 22.7 Å². The van der Waals surface area contributed by atoms with Crippen LogP contribution in [0, 0.1) is 0 Å². The maximum absolute atomic E-state index is 12.0. The molecule has 0 saturated heterocycles. The second kappa shape index (κ2) is 5.77. The molecule has 0 radical (unpaired) electrons. The molecule has 22 heavy (non-hydrogen) atoms. The highest BCUT2D eigenvalue weighted by atomic mass is 16.5. The monoisotopic (exact) mass is 294 g/mol. The molecule has 0 saturated carbocycles. The van der Waals surface area contributed by atoms with Crippen LogP contribution in [0.2, 0.25) is 0 Å². The summed E-state index contributed by atoms with van der Waals surface area (Å²) in [7, 11) is 1.58. The predicted octanol–water partition coefficient (Wildman–Crippen LogP) is 4.04. The summed E-state index contributed by atoms with van der Waals surface area (Å²) in [5, 5.41) is 10.1. The molecule has 3 aromatic rings. The maximum atomic E-state index is 12.0. The fourth-order valence-corrected chi connectivity index (χ4v) is 2.18. The van der Waals surface area contributed by atoms with Gasteiger partial charge in [0.15, 0.2) is 17.1 Å². The molecule has 1 heterocycles. The molecule has 0 aliphatic carbocycles. The number of para-hydroxylation sites is 1. The fourth-order valence-electron chi connectivity index (χ4n) is 2.18. The Morgan fingerprint density at radius 3 is 2.68 bits per heavy atom. The van der Waals surface area contributed by atoms with Gasteiger partial charge >= 0.3 is 0 Å². The number of carbonyl (C=O) groups is 1. The molecule has 4 nitrogen and oxygen atoms in total. The number of carbonyl (C=O) groups excluding carboxylic acids is 1. The van der Waals surface area contributed by atoms with Crippen LogP contribution in [0.1, 0.15) is 16.1 Å². The van der Waals surface area contributed by atoms with Crippen molar-refractivity contribution < 1.29 is 19.1 Å². The Morgan fingerprint density at radius 1 is 1.18 bits per heavy atom. The lowest BCUT2D eigenvalue weighted by Gasteiger charge is -1.98. The number of ether oxygens (including phenoxy) is 1. The van der Waals surface area contributed by atoms with Crippen molar-refractivity contribution in [2.24, 2.45) is 0 Å². The number of benzene rings is 2. The van der Waals surface area contributed by atoms with Gasteiger partial charge in [-0.3, -0.25) is 4.79 Å². The molecule has 0 bridgehead atoms. The number of furan rings is 1. The van der Waals surface area contributed by atoms with Crippen molar-refractivity contribution in [2.75, 3.05) is 7.11 Å². The van der Waals surface area contributed by atoms with Crippen molar-refractivity contribution in [3.8, 4) is 11.5 Å². The van der Waals surface area contributed by atoms with Crippen LogP contribution < -0.4 is 4.74 Å². The zero-order valence-corrected chi connectivity index (χ0v) is 11.9. The summed E-state index contributed by atoms with van der Waals surface area (Å²) < 4.78 is 10.9. The highest BCUT2D eigenvalue weighted by Gasteiger charge is 2.07. The molecular formula is C18H14O4. The van der Waals surface area contributed by atoms with Gasteiger partial charge in [-0.1, -0.05) is 12.1 Å². The van der Waals surface area contributed by atoms with E-state index < -0.39 is 0 Å². The standard InChI is InChI=1S/C18H14O4/c1-21-17-4-2-3-13-11-15(22-18(13)17)9-10-16(20)12-5-7-14(19)8-6-12/h2-11,19H,1H3/b10-9+. The Hall–Kier alpha value is -3.01. The molecule has 110 valence electrons. The third kappa shape index (κ3) is 2.72. The van der Waals surface area contributed by atoms with E-state index in [1.165, 1.54) is 18.2 Å². The van der Waals surface area contributed by atoms with Crippen molar-refractivity contribution in [2.45, 2.75) is 0 Å². The van der Waals surface area contributed by atoms with Crippen molar-refractivity contribution in [3.63, 3.8) is 0 Å². The average Bonchev–Trinajstić information content (AvgIpc) is 2.96. The van der Waals surface area contributed by atoms with Gasteiger partial charge in [0.25, 0.3) is 0 Å². The average molecular weight is 294 g/mol. The molecule has 3 rings (SSSR count). The van der Waals surface area contributed by atoms with Gasteiger partial charge in [-0.25, -0.2) is 0 Å². The van der Waals surface area contributed by atoms with Gasteiger partial charge in [0.2, 0.25) is 0 Å². The van der Waals surface area contributed by atoms with E-state index in [2.05, 4.69) is 0 Å². The number of aromatic hydroxyl groups is 1. The SMILES string of the molecule is COc1cccc2cc(/C=C/C(=O)c3ccc(O)cc3)oc12. The topological polar surface area (TPSA) is 59.7 Å². The first-order valence-electron chi connectivity index (χ1n) is 6.75. The summed E-state index contributed by atoms with van der Waals surface area (Å²) in [5.74, 6) is 1.20. The minimum Gasteiger partial charge on any atom is -0.508 e. The van der Waals surface area contributed by atoms with E-state index in [0.717, 1.165) is 5.39 Å². The highest BCUT2D eigenvalue weighted by molar-refractivity contribution is 6.06. The van der Waals surface area contributed by atoms with Gasteiger partial charge in [-0.2, -0.15) is 0 Å². The largest absolute Gasteiger partial charge is 0.508 e. The van der Waals surface area contributed by atoms with Crippen LogP contribution in [0.4, 0.5) is 0 Å². The molecular weight excluding hydrogens is 280 g/mol. The van der Waals surface area contributed by atoms with Gasteiger partial charge in [-0.05, 0) is 48.6 Å². The van der Waals surface area contributed by atoms with Crippen LogP contribution in [-0.4, -0.2) is 18.0 Å². The number of phenolic OH excluding ortho intramolecular Hbond substituents is 1. The molecule has 4 heteroatoms. The zero-order chi connectivity index (χ0) is 15.5. The lowest BCUT2D eigenvalue weighted by Crippen LogP contribution is -1.92. The smallest absolute Gasteiger partial charge is 0.185 e. The van der Waals surface area contributed by atoms with Gasteiger partial charge in [-0.15, -0.1) is 0 Å². The second-order valence-corrected chi connectivity index (χ2v) is 4.77. The molecule has 0 unspecified atom stereocenters. The molecule has 0 aliphatic heterocycles. The van der Waals surface area contributed by atoms with E-state index in [9.17, 15) is 9.90 Å². The number of fused-ring (bicyclic) bond motifs is 1. The van der Waals surface area contributed by atoms with E-state index in [1.807, 2.05) is 24.3 Å². The summed E-state index contributed by atoms with van der Waals surface area (Å²) in [6.45, 7) is 0. The number of methoxy groups -OCH3 is 1. The summed E-state index contributed by atoms with van der Waals surface area (Å²) in [6.07, 6.45) is 3.06. The molecule has 0 atom stereocenters. The number of allylic oxidation sites excluding steroid dienone is 1. The third-order valence-corrected chi connectivity index (χ3v) is 3.30. The lowest BCUT2D eigenvalue weighted by molar-refractivity contribution is 0.104. The van der Waals surface area contributed by atoms with Crippen LogP contribution in [0.3, 0.4) is 0 Å². The quantitative estimate of drug-likeness (QED) is 0.582. The number of phenols is 1. The second-order valence-electron chi connectivity index (χ2n) is 4.77. The molecule has 1 aromatic heterocycles. The van der Waals surface area contributed by atoms with Crippen molar-refractivity contribution in [1.29, 1.82) is 0 Å². The Balaban J connectivity index is 1.86. The Bertz CT molecular complexity index is 841. The third-order valence-electron chi connectivity index (χ3n) is 3.30. The Morgan fingerprint density at radius 2 is 1.95 bits per heavy atom. The van der Waals surface area contributed by atoms with Gasteiger partial charge in [0.1, 0.15) is 11.5 Å². The van der Waals surface area contributed by atoms with E-state index >= 15 is 0 Å². The lowest BCUT2D eigenvalue weighted by atomic mass is 10.1. The van der Waals surface area contributed by atoms with Crippen LogP contribution in [0.5, 0.6) is 11.5 Å².